The van der Waals surface area contributed by atoms with E-state index >= 15 is 0 Å². The lowest BCUT2D eigenvalue weighted by Gasteiger charge is -1.92. The van der Waals surface area contributed by atoms with Gasteiger partial charge < -0.3 is 16.6 Å². The van der Waals surface area contributed by atoms with E-state index in [1.807, 2.05) is 6.92 Å². The summed E-state index contributed by atoms with van der Waals surface area (Å²) in [6, 6.07) is 0. The Morgan fingerprint density at radius 1 is 1.31 bits per heavy atom. The van der Waals surface area contributed by atoms with Gasteiger partial charge in [-0.2, -0.15) is 0 Å². The van der Waals surface area contributed by atoms with Gasteiger partial charge in [0.25, 0.3) is 0 Å². The van der Waals surface area contributed by atoms with Crippen molar-refractivity contribution in [2.24, 2.45) is 11.5 Å². The van der Waals surface area contributed by atoms with Gasteiger partial charge in [0, 0.05) is 5.57 Å². The standard InChI is InChI=1S/C6H10O2.2CH5N.ClH/c1-3-4-5(2)6(7)8;2*1-2;/h2-4H2,1H3,(H,7,8);2*2H2,1H3;1H. The van der Waals surface area contributed by atoms with Crippen LogP contribution in [0.2, 0.25) is 0 Å². The van der Waals surface area contributed by atoms with Crippen LogP contribution >= 0.6 is 12.4 Å². The molecule has 0 bridgehead atoms. The van der Waals surface area contributed by atoms with Crippen molar-refractivity contribution in [3.8, 4) is 0 Å². The molecule has 0 rings (SSSR count). The highest BCUT2D eigenvalue weighted by Gasteiger charge is 1.99. The van der Waals surface area contributed by atoms with E-state index in [9.17, 15) is 4.79 Å². The summed E-state index contributed by atoms with van der Waals surface area (Å²) in [5, 5.41) is 8.21. The summed E-state index contributed by atoms with van der Waals surface area (Å²) in [5.41, 5.74) is 9.30. The van der Waals surface area contributed by atoms with Crippen molar-refractivity contribution < 1.29 is 9.90 Å². The molecular formula is C8H21ClN2O2. The number of hydrogen-bond donors (Lipinski definition) is 3. The van der Waals surface area contributed by atoms with Crippen LogP contribution in [0.15, 0.2) is 12.2 Å². The van der Waals surface area contributed by atoms with Crippen molar-refractivity contribution in [3.05, 3.63) is 12.2 Å². The molecule has 0 spiro atoms. The molecule has 0 aliphatic rings. The lowest BCUT2D eigenvalue weighted by Crippen LogP contribution is -1.97. The highest BCUT2D eigenvalue weighted by Crippen LogP contribution is 1.99. The largest absolute Gasteiger partial charge is 0.478 e. The molecule has 0 aliphatic carbocycles. The maximum Gasteiger partial charge on any atom is 0.330 e. The van der Waals surface area contributed by atoms with Crippen LogP contribution in [0.3, 0.4) is 0 Å². The van der Waals surface area contributed by atoms with Crippen LogP contribution in [0.4, 0.5) is 0 Å². The fourth-order valence-electron chi connectivity index (χ4n) is 0.409. The summed E-state index contributed by atoms with van der Waals surface area (Å²) in [7, 11) is 3.00. The van der Waals surface area contributed by atoms with Crippen LogP contribution in [0.25, 0.3) is 0 Å². The zero-order valence-corrected chi connectivity index (χ0v) is 9.36. The van der Waals surface area contributed by atoms with Gasteiger partial charge in [-0.15, -0.1) is 12.4 Å². The molecule has 0 saturated carbocycles. The number of rotatable bonds is 3. The second kappa shape index (κ2) is 22.5. The van der Waals surface area contributed by atoms with Gasteiger partial charge in [0.2, 0.25) is 0 Å². The van der Waals surface area contributed by atoms with Crippen LogP contribution in [0, 0.1) is 0 Å². The number of carboxylic acids is 1. The number of aliphatic carboxylic acids is 1. The van der Waals surface area contributed by atoms with Crippen molar-refractivity contribution >= 4 is 18.4 Å². The second-order valence-electron chi connectivity index (χ2n) is 1.66. The van der Waals surface area contributed by atoms with Crippen molar-refractivity contribution in [3.63, 3.8) is 0 Å². The summed E-state index contributed by atoms with van der Waals surface area (Å²) < 4.78 is 0. The average Bonchev–Trinajstić information content (AvgIpc) is 2.12. The predicted octanol–water partition coefficient (Wildman–Crippen LogP) is 0.999. The van der Waals surface area contributed by atoms with Crippen molar-refractivity contribution in [1.29, 1.82) is 0 Å². The molecule has 5 heteroatoms. The van der Waals surface area contributed by atoms with Gasteiger partial charge in [-0.1, -0.05) is 19.9 Å². The Morgan fingerprint density at radius 3 is 1.69 bits per heavy atom. The molecule has 0 atom stereocenters. The first-order valence-electron chi connectivity index (χ1n) is 3.75. The zero-order valence-electron chi connectivity index (χ0n) is 8.54. The number of carboxylic acid groups (broad SMARTS) is 1. The minimum atomic E-state index is -0.883. The minimum Gasteiger partial charge on any atom is -0.478 e. The molecule has 0 amide bonds. The van der Waals surface area contributed by atoms with Crippen LogP contribution in [-0.4, -0.2) is 25.2 Å². The maximum atomic E-state index is 9.99. The molecule has 4 nitrogen and oxygen atoms in total. The lowest BCUT2D eigenvalue weighted by atomic mass is 10.2. The van der Waals surface area contributed by atoms with E-state index in [2.05, 4.69) is 18.0 Å². The van der Waals surface area contributed by atoms with Crippen LogP contribution in [0.1, 0.15) is 19.8 Å². The Balaban J connectivity index is -0.0000000712. The number of halogens is 1. The summed E-state index contributed by atoms with van der Waals surface area (Å²) in [5.74, 6) is -0.883. The summed E-state index contributed by atoms with van der Waals surface area (Å²) in [4.78, 5) is 9.99. The van der Waals surface area contributed by atoms with Gasteiger partial charge in [0.15, 0.2) is 0 Å². The summed E-state index contributed by atoms with van der Waals surface area (Å²) in [6.07, 6.45) is 1.44. The smallest absolute Gasteiger partial charge is 0.330 e. The molecule has 0 unspecified atom stereocenters. The van der Waals surface area contributed by atoms with E-state index in [-0.39, 0.29) is 12.4 Å². The highest BCUT2D eigenvalue weighted by atomic mass is 35.5. The second-order valence-corrected chi connectivity index (χ2v) is 1.66. The summed E-state index contributed by atoms with van der Waals surface area (Å²) in [6.45, 7) is 5.27. The molecule has 0 saturated heterocycles. The SMILES string of the molecule is C=C(CCC)C(=O)O.CN.CN.Cl. The Kier molecular flexibility index (Phi) is 39.6. The Labute approximate surface area is 86.4 Å². The number of nitrogens with two attached hydrogens (primary N) is 2. The lowest BCUT2D eigenvalue weighted by molar-refractivity contribution is -0.132. The molecule has 0 radical (unpaired) electrons. The third kappa shape index (κ3) is 24.6. The van der Waals surface area contributed by atoms with Crippen molar-refractivity contribution in [2.75, 3.05) is 14.1 Å². The van der Waals surface area contributed by atoms with Crippen LogP contribution < -0.4 is 11.5 Å². The summed E-state index contributed by atoms with van der Waals surface area (Å²) >= 11 is 0. The third-order valence-electron chi connectivity index (χ3n) is 0.854. The van der Waals surface area contributed by atoms with Gasteiger partial charge >= 0.3 is 5.97 Å². The van der Waals surface area contributed by atoms with Gasteiger partial charge in [-0.3, -0.25) is 0 Å². The Bertz CT molecular complexity index is 119. The molecule has 0 aromatic carbocycles. The normalized spacial score (nSPS) is 6.23. The topological polar surface area (TPSA) is 89.3 Å². The van der Waals surface area contributed by atoms with Gasteiger partial charge in [0.1, 0.15) is 0 Å². The number of hydrogen-bond acceptors (Lipinski definition) is 3. The minimum absolute atomic E-state index is 0. The predicted molar refractivity (Wildman–Crippen MR) is 59.2 cm³/mol. The Morgan fingerprint density at radius 2 is 1.62 bits per heavy atom. The first-order valence-corrected chi connectivity index (χ1v) is 3.75. The van der Waals surface area contributed by atoms with Crippen LogP contribution in [0.5, 0.6) is 0 Å². The molecule has 0 aromatic heterocycles. The quantitative estimate of drug-likeness (QED) is 0.609. The molecular weight excluding hydrogens is 192 g/mol. The molecule has 0 fully saturated rings. The number of carbonyl (C=O) groups is 1. The van der Waals surface area contributed by atoms with Gasteiger partial charge in [-0.25, -0.2) is 4.79 Å². The molecule has 0 aromatic rings. The first kappa shape index (κ1) is 22.8. The molecule has 5 N–H and O–H groups in total. The van der Waals surface area contributed by atoms with Gasteiger partial charge in [0.05, 0.1) is 0 Å². The fourth-order valence-corrected chi connectivity index (χ4v) is 0.409. The zero-order chi connectivity index (χ0) is 10.6. The highest BCUT2D eigenvalue weighted by molar-refractivity contribution is 5.85. The first-order chi connectivity index (χ1) is 5.68. The van der Waals surface area contributed by atoms with E-state index < -0.39 is 5.97 Å². The third-order valence-corrected chi connectivity index (χ3v) is 0.854. The fraction of sp³-hybridized carbons (Fsp3) is 0.625. The van der Waals surface area contributed by atoms with E-state index in [1.54, 1.807) is 0 Å². The Hall–Kier alpha value is -0.580. The van der Waals surface area contributed by atoms with Crippen molar-refractivity contribution in [2.45, 2.75) is 19.8 Å². The molecule has 0 aliphatic heterocycles. The molecule has 13 heavy (non-hydrogen) atoms. The van der Waals surface area contributed by atoms with E-state index in [4.69, 9.17) is 5.11 Å². The maximum absolute atomic E-state index is 9.99. The van der Waals surface area contributed by atoms with E-state index in [0.717, 1.165) is 6.42 Å². The van der Waals surface area contributed by atoms with Crippen molar-refractivity contribution in [1.82, 2.24) is 0 Å². The van der Waals surface area contributed by atoms with Gasteiger partial charge in [-0.05, 0) is 20.5 Å². The van der Waals surface area contributed by atoms with E-state index in [1.165, 1.54) is 14.1 Å². The van der Waals surface area contributed by atoms with E-state index in [0.29, 0.717) is 12.0 Å². The molecule has 0 heterocycles. The van der Waals surface area contributed by atoms with Crippen LogP contribution in [-0.2, 0) is 4.79 Å². The molecule has 82 valence electrons. The average molecular weight is 213 g/mol. The monoisotopic (exact) mass is 212 g/mol.